The molecule has 1 aliphatic heterocycles. The average Bonchev–Trinajstić information content (AvgIpc) is 2.81. The molecule has 2 aromatic carbocycles. The molecule has 0 bridgehead atoms. The number of carbonyl (C=O) groups is 3. The predicted octanol–water partition coefficient (Wildman–Crippen LogP) is 5.66. The number of alkyl halides is 3. The topological polar surface area (TPSA) is 99.8 Å². The smallest absolute Gasteiger partial charge is 0.416 e. The third kappa shape index (κ3) is 6.15. The maximum absolute atomic E-state index is 12.7. The van der Waals surface area contributed by atoms with Gasteiger partial charge >= 0.3 is 24.2 Å². The Bertz CT molecular complexity index is 1150. The second-order valence-electron chi connectivity index (χ2n) is 8.03. The number of rotatable bonds is 7. The monoisotopic (exact) mass is 504 g/mol. The lowest BCUT2D eigenvalue weighted by atomic mass is 9.94. The summed E-state index contributed by atoms with van der Waals surface area (Å²) in [7, 11) is 0. The van der Waals surface area contributed by atoms with Gasteiger partial charge in [0.15, 0.2) is 0 Å². The van der Waals surface area contributed by atoms with E-state index < -0.39 is 29.8 Å². The molecule has 1 unspecified atom stereocenters. The molecular formula is C25H27F3N4O4. The van der Waals surface area contributed by atoms with Crippen molar-refractivity contribution in [2.24, 2.45) is 0 Å². The zero-order chi connectivity index (χ0) is 26.5. The van der Waals surface area contributed by atoms with E-state index in [4.69, 9.17) is 4.74 Å². The molecular weight excluding hydrogens is 477 g/mol. The Labute approximate surface area is 206 Å². The van der Waals surface area contributed by atoms with E-state index in [1.54, 1.807) is 38.1 Å². The van der Waals surface area contributed by atoms with Crippen molar-refractivity contribution in [2.75, 3.05) is 23.8 Å². The van der Waals surface area contributed by atoms with E-state index >= 15 is 0 Å². The Hall–Kier alpha value is -4.02. The summed E-state index contributed by atoms with van der Waals surface area (Å²) >= 11 is 0. The number of urea groups is 2. The fourth-order valence-electron chi connectivity index (χ4n) is 3.79. The molecule has 0 spiro atoms. The largest absolute Gasteiger partial charge is 0.463 e. The van der Waals surface area contributed by atoms with Crippen LogP contribution in [0.2, 0.25) is 0 Å². The first-order chi connectivity index (χ1) is 17.0. The van der Waals surface area contributed by atoms with Crippen LogP contribution >= 0.6 is 0 Å². The van der Waals surface area contributed by atoms with E-state index in [0.29, 0.717) is 35.5 Å². The number of nitrogens with zero attached hydrogens (tertiary/aromatic N) is 1. The van der Waals surface area contributed by atoms with Crippen LogP contribution in [0.5, 0.6) is 0 Å². The number of allylic oxidation sites excluding steroid dienone is 1. The van der Waals surface area contributed by atoms with Gasteiger partial charge in [-0.3, -0.25) is 4.90 Å². The van der Waals surface area contributed by atoms with Crippen LogP contribution in [-0.2, 0) is 15.7 Å². The number of hydrogen-bond donors (Lipinski definition) is 3. The average molecular weight is 505 g/mol. The number of ether oxygens (including phenoxy) is 1. The summed E-state index contributed by atoms with van der Waals surface area (Å²) in [6.07, 6.45) is -3.75. The van der Waals surface area contributed by atoms with Crippen LogP contribution in [0.4, 0.5) is 34.1 Å². The number of hydrogen-bond acceptors (Lipinski definition) is 4. The third-order valence-corrected chi connectivity index (χ3v) is 5.51. The van der Waals surface area contributed by atoms with Gasteiger partial charge in [0.2, 0.25) is 0 Å². The summed E-state index contributed by atoms with van der Waals surface area (Å²) in [6.45, 7) is 5.96. The highest BCUT2D eigenvalue weighted by molar-refractivity contribution is 6.00. The quantitative estimate of drug-likeness (QED) is 0.424. The van der Waals surface area contributed by atoms with Crippen LogP contribution in [0.15, 0.2) is 59.8 Å². The third-order valence-electron chi connectivity index (χ3n) is 5.51. The van der Waals surface area contributed by atoms with Crippen molar-refractivity contribution in [3.63, 3.8) is 0 Å². The first kappa shape index (κ1) is 26.6. The van der Waals surface area contributed by atoms with E-state index in [9.17, 15) is 27.6 Å². The first-order valence-corrected chi connectivity index (χ1v) is 11.4. The zero-order valence-electron chi connectivity index (χ0n) is 20.0. The normalized spacial score (nSPS) is 15.9. The number of anilines is 2. The summed E-state index contributed by atoms with van der Waals surface area (Å²) in [5.74, 6) is -0.528. The van der Waals surface area contributed by atoms with Gasteiger partial charge in [0.1, 0.15) is 0 Å². The SMILES string of the molecule is CCCN1C(=O)NC(c2ccc(NC(=O)Nc3ccc(C(F)(F)F)cc3)cc2)C(C(=O)OCC)=C1C. The number of carbonyl (C=O) groups excluding carboxylic acids is 3. The molecule has 0 fully saturated rings. The number of benzene rings is 2. The van der Waals surface area contributed by atoms with Crippen molar-refractivity contribution in [2.45, 2.75) is 39.4 Å². The number of halogens is 3. The Kier molecular flexibility index (Phi) is 8.23. The lowest BCUT2D eigenvalue weighted by Gasteiger charge is -2.35. The van der Waals surface area contributed by atoms with Crippen molar-refractivity contribution in [3.8, 4) is 0 Å². The molecule has 3 N–H and O–H groups in total. The zero-order valence-corrected chi connectivity index (χ0v) is 20.0. The van der Waals surface area contributed by atoms with Crippen LogP contribution in [0.1, 0.15) is 44.4 Å². The molecule has 3 rings (SSSR count). The van der Waals surface area contributed by atoms with Crippen LogP contribution in [0.3, 0.4) is 0 Å². The van der Waals surface area contributed by atoms with E-state index in [1.807, 2.05) is 6.92 Å². The molecule has 36 heavy (non-hydrogen) atoms. The molecule has 0 aliphatic carbocycles. The van der Waals surface area contributed by atoms with Gasteiger partial charge in [0.05, 0.1) is 23.8 Å². The van der Waals surface area contributed by atoms with Crippen LogP contribution in [0.25, 0.3) is 0 Å². The number of esters is 1. The molecule has 8 nitrogen and oxygen atoms in total. The predicted molar refractivity (Wildman–Crippen MR) is 128 cm³/mol. The standard InChI is InChI=1S/C25H27F3N4O4/c1-4-14-32-15(3)20(22(33)36-5-2)21(31-24(32)35)16-6-10-18(11-7-16)29-23(34)30-19-12-8-17(9-13-19)25(26,27)28/h6-13,21H,4-5,14H2,1-3H3,(H,31,35)(H2,29,30,34). The molecule has 1 atom stereocenters. The summed E-state index contributed by atoms with van der Waals surface area (Å²) in [5, 5.41) is 7.90. The minimum absolute atomic E-state index is 0.182. The number of amides is 4. The van der Waals surface area contributed by atoms with Gasteiger partial charge in [0, 0.05) is 23.6 Å². The van der Waals surface area contributed by atoms with Crippen molar-refractivity contribution < 1.29 is 32.3 Å². The van der Waals surface area contributed by atoms with E-state index in [-0.39, 0.29) is 18.3 Å². The summed E-state index contributed by atoms with van der Waals surface area (Å²) in [5.41, 5.74) is 1.22. The molecule has 11 heteroatoms. The van der Waals surface area contributed by atoms with Gasteiger partial charge in [-0.2, -0.15) is 13.2 Å². The fourth-order valence-corrected chi connectivity index (χ4v) is 3.79. The molecule has 192 valence electrons. The molecule has 1 heterocycles. The minimum Gasteiger partial charge on any atom is -0.463 e. The summed E-state index contributed by atoms with van der Waals surface area (Å²) < 4.78 is 43.3. The lowest BCUT2D eigenvalue weighted by molar-refractivity contribution is -0.139. The summed E-state index contributed by atoms with van der Waals surface area (Å²) in [4.78, 5) is 39.2. The van der Waals surface area contributed by atoms with Gasteiger partial charge in [-0.1, -0.05) is 19.1 Å². The highest BCUT2D eigenvalue weighted by Gasteiger charge is 2.36. The molecule has 0 saturated heterocycles. The summed E-state index contributed by atoms with van der Waals surface area (Å²) in [6, 6.07) is 8.84. The van der Waals surface area contributed by atoms with Crippen LogP contribution in [-0.4, -0.2) is 36.1 Å². The van der Waals surface area contributed by atoms with Crippen molar-refractivity contribution in [1.82, 2.24) is 10.2 Å². The molecule has 4 amide bonds. The van der Waals surface area contributed by atoms with E-state index in [1.165, 1.54) is 4.90 Å². The van der Waals surface area contributed by atoms with Gasteiger partial charge in [0.25, 0.3) is 0 Å². The van der Waals surface area contributed by atoms with Crippen molar-refractivity contribution in [3.05, 3.63) is 70.9 Å². The maximum Gasteiger partial charge on any atom is 0.416 e. The van der Waals surface area contributed by atoms with Gasteiger partial charge in [-0.25, -0.2) is 14.4 Å². The van der Waals surface area contributed by atoms with Gasteiger partial charge in [-0.15, -0.1) is 0 Å². The molecule has 2 aromatic rings. The Balaban J connectivity index is 1.74. The van der Waals surface area contributed by atoms with Gasteiger partial charge < -0.3 is 20.7 Å². The van der Waals surface area contributed by atoms with Crippen LogP contribution in [0, 0.1) is 0 Å². The molecule has 0 aromatic heterocycles. The fraction of sp³-hybridized carbons (Fsp3) is 0.320. The highest BCUT2D eigenvalue weighted by atomic mass is 19.4. The molecule has 0 saturated carbocycles. The van der Waals surface area contributed by atoms with E-state index in [2.05, 4.69) is 16.0 Å². The first-order valence-electron chi connectivity index (χ1n) is 11.4. The Morgan fingerprint density at radius 3 is 2.06 bits per heavy atom. The minimum atomic E-state index is -4.46. The molecule has 0 radical (unpaired) electrons. The van der Waals surface area contributed by atoms with Crippen LogP contribution < -0.4 is 16.0 Å². The van der Waals surface area contributed by atoms with Gasteiger partial charge in [-0.05, 0) is 62.2 Å². The lowest BCUT2D eigenvalue weighted by Crippen LogP contribution is -2.48. The van der Waals surface area contributed by atoms with Crippen molar-refractivity contribution in [1.29, 1.82) is 0 Å². The number of nitrogens with one attached hydrogen (secondary N) is 3. The van der Waals surface area contributed by atoms with Crippen molar-refractivity contribution >= 4 is 29.4 Å². The second kappa shape index (κ2) is 11.1. The van der Waals surface area contributed by atoms with E-state index in [0.717, 1.165) is 24.3 Å². The highest BCUT2D eigenvalue weighted by Crippen LogP contribution is 2.32. The maximum atomic E-state index is 12.7. The Morgan fingerprint density at radius 2 is 1.56 bits per heavy atom. The Morgan fingerprint density at radius 1 is 1.00 bits per heavy atom. The molecule has 1 aliphatic rings. The second-order valence-corrected chi connectivity index (χ2v) is 8.03.